The molecule has 1 unspecified atom stereocenters. The van der Waals surface area contributed by atoms with Gasteiger partial charge in [0, 0.05) is 28.8 Å². The first kappa shape index (κ1) is 28.9. The molecule has 0 fully saturated rings. The van der Waals surface area contributed by atoms with Crippen LogP contribution < -0.4 is 14.8 Å². The van der Waals surface area contributed by atoms with E-state index in [1.165, 1.54) is 24.8 Å². The van der Waals surface area contributed by atoms with E-state index in [-0.39, 0.29) is 17.9 Å². The van der Waals surface area contributed by atoms with Crippen LogP contribution in [0.15, 0.2) is 71.0 Å². The van der Waals surface area contributed by atoms with Crippen LogP contribution in [-0.2, 0) is 6.54 Å². The first-order valence-corrected chi connectivity index (χ1v) is 14.0. The molecule has 1 aliphatic rings. The van der Waals surface area contributed by atoms with Gasteiger partial charge in [-0.1, -0.05) is 43.7 Å². The standard InChI is InChI=1S/C32H34F2N6O2/c1-6-13-42-22-15-25(33)24(26(34)16-22)18-40-27-10-8-7-9-23(27)30(39-40)32-35-17-28(41-5)31(38-32)37-29-14-20(3)19(2)11-12-21(4)36-29/h7-10,12,14-17,19H,6,11,13,18H2,1-5H3,(H,35,36,37,38). The van der Waals surface area contributed by atoms with Gasteiger partial charge in [0.2, 0.25) is 5.82 Å². The van der Waals surface area contributed by atoms with Crippen LogP contribution in [0.25, 0.3) is 22.4 Å². The second kappa shape index (κ2) is 12.5. The zero-order valence-electron chi connectivity index (χ0n) is 24.4. The monoisotopic (exact) mass is 572 g/mol. The third-order valence-corrected chi connectivity index (χ3v) is 7.19. The number of allylic oxidation sites excluding steroid dienone is 3. The van der Waals surface area contributed by atoms with Gasteiger partial charge in [-0.05, 0) is 44.7 Å². The van der Waals surface area contributed by atoms with E-state index in [4.69, 9.17) is 24.5 Å². The van der Waals surface area contributed by atoms with Crippen molar-refractivity contribution in [2.24, 2.45) is 10.9 Å². The maximum Gasteiger partial charge on any atom is 0.200 e. The molecule has 0 spiro atoms. The number of nitrogens with zero attached hydrogens (tertiary/aromatic N) is 5. The van der Waals surface area contributed by atoms with Gasteiger partial charge in [-0.2, -0.15) is 5.10 Å². The van der Waals surface area contributed by atoms with Crippen molar-refractivity contribution in [2.75, 3.05) is 13.7 Å². The Hall–Kier alpha value is -4.60. The van der Waals surface area contributed by atoms with Gasteiger partial charge in [0.25, 0.3) is 0 Å². The molecule has 0 saturated carbocycles. The molecule has 2 aromatic heterocycles. The number of halogens is 2. The van der Waals surface area contributed by atoms with Gasteiger partial charge in [0.1, 0.15) is 28.9 Å². The van der Waals surface area contributed by atoms with Crippen molar-refractivity contribution >= 4 is 22.6 Å². The molecule has 42 heavy (non-hydrogen) atoms. The maximum atomic E-state index is 15.0. The van der Waals surface area contributed by atoms with Crippen LogP contribution in [-0.4, -0.2) is 39.3 Å². The van der Waals surface area contributed by atoms with E-state index >= 15 is 8.78 Å². The van der Waals surface area contributed by atoms with Crippen molar-refractivity contribution in [3.63, 3.8) is 0 Å². The average Bonchev–Trinajstić information content (AvgIpc) is 3.34. The third kappa shape index (κ3) is 6.17. The lowest BCUT2D eigenvalue weighted by Crippen LogP contribution is -2.22. The summed E-state index contributed by atoms with van der Waals surface area (Å²) in [7, 11) is 1.54. The van der Waals surface area contributed by atoms with Crippen molar-refractivity contribution in [2.45, 2.75) is 47.1 Å². The molecular formula is C32H34F2N6O2. The molecule has 1 atom stereocenters. The van der Waals surface area contributed by atoms with Crippen molar-refractivity contribution < 1.29 is 18.3 Å². The molecule has 0 bridgehead atoms. The molecule has 1 N–H and O–H groups in total. The highest BCUT2D eigenvalue weighted by Gasteiger charge is 2.20. The first-order chi connectivity index (χ1) is 20.3. The minimum absolute atomic E-state index is 0.114. The van der Waals surface area contributed by atoms with Gasteiger partial charge in [0.15, 0.2) is 11.6 Å². The number of aliphatic imine (C=N–C) groups is 1. The summed E-state index contributed by atoms with van der Waals surface area (Å²) in [5.74, 6) is 0.795. The SMILES string of the molecule is CCCOc1cc(F)c(Cn2nc(-c3ncc(OC)c(N=C4C=C(C)C(C)CC=C(C)N4)n3)c3ccccc32)c(F)c1. The summed E-state index contributed by atoms with van der Waals surface area (Å²) >= 11 is 0. The van der Waals surface area contributed by atoms with E-state index in [1.54, 1.807) is 10.9 Å². The second-order valence-electron chi connectivity index (χ2n) is 10.4. The summed E-state index contributed by atoms with van der Waals surface area (Å²) in [6.07, 6.45) is 7.38. The number of rotatable bonds is 8. The highest BCUT2D eigenvalue weighted by molar-refractivity contribution is 5.97. The van der Waals surface area contributed by atoms with Crippen molar-refractivity contribution in [3.05, 3.63) is 83.2 Å². The molecule has 4 aromatic rings. The minimum atomic E-state index is -0.699. The molecule has 3 heterocycles. The number of hydrogen-bond donors (Lipinski definition) is 1. The Labute approximate surface area is 243 Å². The van der Waals surface area contributed by atoms with Gasteiger partial charge in [-0.3, -0.25) is 4.68 Å². The third-order valence-electron chi connectivity index (χ3n) is 7.19. The van der Waals surface area contributed by atoms with Crippen molar-refractivity contribution in [3.8, 4) is 23.0 Å². The van der Waals surface area contributed by atoms with Crippen LogP contribution in [0.4, 0.5) is 14.6 Å². The Bertz CT molecular complexity index is 1690. The number of fused-ring (bicyclic) bond motifs is 1. The second-order valence-corrected chi connectivity index (χ2v) is 10.4. The number of nitrogens with one attached hydrogen (secondary N) is 1. The van der Waals surface area contributed by atoms with Crippen LogP contribution in [0, 0.1) is 17.6 Å². The molecule has 218 valence electrons. The zero-order chi connectivity index (χ0) is 29.8. The Kier molecular flexibility index (Phi) is 8.61. The number of ether oxygens (including phenoxy) is 2. The normalized spacial score (nSPS) is 16.5. The maximum absolute atomic E-state index is 15.0. The summed E-state index contributed by atoms with van der Waals surface area (Å²) in [5, 5.41) is 8.78. The smallest absolute Gasteiger partial charge is 0.200 e. The van der Waals surface area contributed by atoms with Crippen LogP contribution in [0.5, 0.6) is 11.5 Å². The van der Waals surface area contributed by atoms with E-state index in [1.807, 2.05) is 44.2 Å². The van der Waals surface area contributed by atoms with Crippen LogP contribution in [0.2, 0.25) is 0 Å². The van der Waals surface area contributed by atoms with Crippen LogP contribution in [0.3, 0.4) is 0 Å². The highest BCUT2D eigenvalue weighted by atomic mass is 19.1. The number of methoxy groups -OCH3 is 1. The molecule has 5 rings (SSSR count). The summed E-state index contributed by atoms with van der Waals surface area (Å²) in [4.78, 5) is 14.0. The Morgan fingerprint density at radius 1 is 1.14 bits per heavy atom. The lowest BCUT2D eigenvalue weighted by molar-refractivity contribution is 0.313. The van der Waals surface area contributed by atoms with Gasteiger partial charge in [-0.15, -0.1) is 0 Å². The quantitative estimate of drug-likeness (QED) is 0.242. The Morgan fingerprint density at radius 2 is 1.90 bits per heavy atom. The molecule has 8 nitrogen and oxygen atoms in total. The minimum Gasteiger partial charge on any atom is -0.493 e. The van der Waals surface area contributed by atoms with E-state index in [0.717, 1.165) is 23.9 Å². The van der Waals surface area contributed by atoms with Gasteiger partial charge < -0.3 is 14.8 Å². The lowest BCUT2D eigenvalue weighted by Gasteiger charge is -2.17. The molecule has 0 saturated heterocycles. The number of amidine groups is 1. The molecule has 0 amide bonds. The molecule has 2 aromatic carbocycles. The fourth-order valence-corrected chi connectivity index (χ4v) is 4.66. The summed E-state index contributed by atoms with van der Waals surface area (Å²) in [6, 6.07) is 9.84. The van der Waals surface area contributed by atoms with E-state index < -0.39 is 11.6 Å². The summed E-state index contributed by atoms with van der Waals surface area (Å²) in [5.41, 5.74) is 3.20. The van der Waals surface area contributed by atoms with E-state index in [0.29, 0.717) is 47.0 Å². The number of aromatic nitrogens is 4. The van der Waals surface area contributed by atoms with Crippen molar-refractivity contribution in [1.29, 1.82) is 0 Å². The lowest BCUT2D eigenvalue weighted by atomic mass is 9.97. The van der Waals surface area contributed by atoms with Crippen LogP contribution in [0.1, 0.15) is 46.1 Å². The average molecular weight is 573 g/mol. The van der Waals surface area contributed by atoms with E-state index in [9.17, 15) is 0 Å². The highest BCUT2D eigenvalue weighted by Crippen LogP contribution is 2.32. The van der Waals surface area contributed by atoms with Gasteiger partial charge in [0.05, 0.1) is 32.0 Å². The molecule has 1 aliphatic heterocycles. The Morgan fingerprint density at radius 3 is 2.64 bits per heavy atom. The largest absolute Gasteiger partial charge is 0.493 e. The summed E-state index contributed by atoms with van der Waals surface area (Å²) in [6.45, 7) is 8.42. The van der Waals surface area contributed by atoms with Gasteiger partial charge >= 0.3 is 0 Å². The number of hydrogen-bond acceptors (Lipinski definition) is 6. The summed E-state index contributed by atoms with van der Waals surface area (Å²) < 4.78 is 42.5. The van der Waals surface area contributed by atoms with E-state index in [2.05, 4.69) is 30.2 Å². The predicted octanol–water partition coefficient (Wildman–Crippen LogP) is 7.13. The number of para-hydroxylation sites is 1. The number of benzene rings is 2. The van der Waals surface area contributed by atoms with Crippen LogP contribution >= 0.6 is 0 Å². The first-order valence-electron chi connectivity index (χ1n) is 14.0. The molecular weight excluding hydrogens is 538 g/mol. The molecule has 0 aliphatic carbocycles. The molecule has 10 heteroatoms. The van der Waals surface area contributed by atoms with Crippen molar-refractivity contribution in [1.82, 2.24) is 25.1 Å². The predicted molar refractivity (Wildman–Crippen MR) is 160 cm³/mol. The Balaban J connectivity index is 1.56. The molecule has 0 radical (unpaired) electrons. The fraction of sp³-hybridized carbons (Fsp3) is 0.312. The topological polar surface area (TPSA) is 86.5 Å². The fourth-order valence-electron chi connectivity index (χ4n) is 4.66. The zero-order valence-corrected chi connectivity index (χ0v) is 24.4. The van der Waals surface area contributed by atoms with Gasteiger partial charge in [-0.25, -0.2) is 23.7 Å².